The number of rotatable bonds is 5. The van der Waals surface area contributed by atoms with Crippen LogP contribution in [0.15, 0.2) is 45.9 Å². The van der Waals surface area contributed by atoms with Crippen LogP contribution in [0.5, 0.6) is 0 Å². The molecule has 0 fully saturated rings. The molecule has 0 unspecified atom stereocenters. The highest BCUT2D eigenvalue weighted by atomic mass is 79.9. The number of sulfonamides is 1. The third kappa shape index (κ3) is 3.94. The van der Waals surface area contributed by atoms with Gasteiger partial charge < -0.3 is 4.74 Å². The van der Waals surface area contributed by atoms with Gasteiger partial charge in [-0.05, 0) is 28.1 Å². The average Bonchev–Trinajstić information content (AvgIpc) is 2.43. The van der Waals surface area contributed by atoms with E-state index in [4.69, 9.17) is 16.3 Å². The van der Waals surface area contributed by atoms with Gasteiger partial charge in [0.2, 0.25) is 0 Å². The molecule has 0 spiro atoms. The van der Waals surface area contributed by atoms with Crippen molar-refractivity contribution in [3.63, 3.8) is 0 Å². The van der Waals surface area contributed by atoms with Crippen LogP contribution in [0.3, 0.4) is 0 Å². The van der Waals surface area contributed by atoms with Gasteiger partial charge in [-0.1, -0.05) is 29.8 Å². The highest BCUT2D eigenvalue weighted by Gasteiger charge is 2.20. The zero-order valence-corrected chi connectivity index (χ0v) is 14.2. The Bertz CT molecular complexity index is 753. The summed E-state index contributed by atoms with van der Waals surface area (Å²) >= 11 is 9.05. The molecule has 0 radical (unpaired) electrons. The lowest BCUT2D eigenvalue weighted by Crippen LogP contribution is -2.15. The van der Waals surface area contributed by atoms with E-state index >= 15 is 0 Å². The second-order valence-electron chi connectivity index (χ2n) is 4.14. The second kappa shape index (κ2) is 6.74. The summed E-state index contributed by atoms with van der Waals surface area (Å²) in [7, 11) is -2.30. The van der Waals surface area contributed by atoms with E-state index in [9.17, 15) is 8.42 Å². The van der Waals surface area contributed by atoms with Crippen molar-refractivity contribution in [2.75, 3.05) is 11.8 Å². The highest BCUT2D eigenvalue weighted by molar-refractivity contribution is 9.10. The minimum Gasteiger partial charge on any atom is -0.380 e. The molecule has 21 heavy (non-hydrogen) atoms. The number of nitrogens with zero attached hydrogens (tertiary/aromatic N) is 1. The van der Waals surface area contributed by atoms with E-state index in [1.54, 1.807) is 31.4 Å². The molecule has 0 saturated carbocycles. The van der Waals surface area contributed by atoms with Gasteiger partial charge in [0, 0.05) is 23.3 Å². The van der Waals surface area contributed by atoms with Gasteiger partial charge in [-0.25, -0.2) is 13.4 Å². The lowest BCUT2D eigenvalue weighted by atomic mass is 10.2. The Balaban J connectivity index is 2.40. The molecular weight excluding hydrogens is 380 g/mol. The van der Waals surface area contributed by atoms with Crippen molar-refractivity contribution >= 4 is 43.2 Å². The molecule has 112 valence electrons. The molecule has 0 atom stereocenters. The summed E-state index contributed by atoms with van der Waals surface area (Å²) in [5, 5.41) is -0.0880. The molecule has 0 amide bonds. The number of halogens is 2. The quantitative estimate of drug-likeness (QED) is 0.793. The fourth-order valence-electron chi connectivity index (χ4n) is 1.69. The number of pyridine rings is 1. The number of nitrogens with one attached hydrogen (secondary N) is 1. The van der Waals surface area contributed by atoms with E-state index in [-0.39, 0.29) is 10.0 Å². The molecule has 1 aromatic carbocycles. The summed E-state index contributed by atoms with van der Waals surface area (Å²) in [6, 6.07) is 8.38. The fraction of sp³-hybridized carbons (Fsp3) is 0.154. The van der Waals surface area contributed by atoms with Crippen LogP contribution in [0.1, 0.15) is 5.56 Å². The van der Waals surface area contributed by atoms with Gasteiger partial charge >= 0.3 is 0 Å². The van der Waals surface area contributed by atoms with Crippen LogP contribution in [-0.2, 0) is 21.4 Å². The molecule has 8 heteroatoms. The molecule has 0 aliphatic heterocycles. The van der Waals surface area contributed by atoms with Crippen LogP contribution < -0.4 is 4.72 Å². The normalized spacial score (nSPS) is 11.4. The van der Waals surface area contributed by atoms with Gasteiger partial charge in [0.1, 0.15) is 10.0 Å². The maximum Gasteiger partial charge on any atom is 0.265 e. The number of aromatic nitrogens is 1. The highest BCUT2D eigenvalue weighted by Crippen LogP contribution is 2.26. The zero-order valence-electron chi connectivity index (χ0n) is 11.0. The second-order valence-corrected chi connectivity index (χ2v) is 7.06. The van der Waals surface area contributed by atoms with Crippen molar-refractivity contribution in [2.45, 2.75) is 11.5 Å². The van der Waals surface area contributed by atoms with Gasteiger partial charge in [-0.2, -0.15) is 0 Å². The van der Waals surface area contributed by atoms with Crippen LogP contribution in [0.2, 0.25) is 5.15 Å². The van der Waals surface area contributed by atoms with Crippen LogP contribution in [0.25, 0.3) is 0 Å². The summed E-state index contributed by atoms with van der Waals surface area (Å²) < 4.78 is 32.9. The Morgan fingerprint density at radius 3 is 2.81 bits per heavy atom. The van der Waals surface area contributed by atoms with E-state index in [0.717, 1.165) is 5.56 Å². The number of hydrogen-bond donors (Lipinski definition) is 1. The lowest BCUT2D eigenvalue weighted by Gasteiger charge is -2.12. The van der Waals surface area contributed by atoms with Gasteiger partial charge in [-0.15, -0.1) is 0 Å². The third-order valence-corrected chi connectivity index (χ3v) is 4.85. The molecule has 2 rings (SSSR count). The van der Waals surface area contributed by atoms with E-state index in [2.05, 4.69) is 25.6 Å². The van der Waals surface area contributed by atoms with Crippen LogP contribution in [0.4, 0.5) is 5.69 Å². The largest absolute Gasteiger partial charge is 0.380 e. The number of anilines is 1. The number of methoxy groups -OCH3 is 1. The predicted octanol–water partition coefficient (Wildman–Crippen LogP) is 3.44. The summed E-state index contributed by atoms with van der Waals surface area (Å²) in [5.41, 5.74) is 1.16. The SMILES string of the molecule is COCc1ccccc1NS(=O)(=O)c1cc(Br)cnc1Cl. The maximum atomic E-state index is 12.4. The van der Waals surface area contributed by atoms with Crippen LogP contribution in [0, 0.1) is 0 Å². The molecule has 1 aromatic heterocycles. The van der Waals surface area contributed by atoms with E-state index in [1.807, 2.05) is 0 Å². The topological polar surface area (TPSA) is 68.3 Å². The van der Waals surface area contributed by atoms with Gasteiger partial charge in [0.25, 0.3) is 10.0 Å². The Hall–Kier alpha value is -1.15. The van der Waals surface area contributed by atoms with Crippen molar-refractivity contribution < 1.29 is 13.2 Å². The van der Waals surface area contributed by atoms with Gasteiger partial charge in [-0.3, -0.25) is 4.72 Å². The first kappa shape index (κ1) is 16.2. The number of hydrogen-bond acceptors (Lipinski definition) is 4. The van der Waals surface area contributed by atoms with E-state index in [1.165, 1.54) is 12.3 Å². The molecule has 1 heterocycles. The van der Waals surface area contributed by atoms with Gasteiger partial charge in [0.15, 0.2) is 0 Å². The molecule has 2 aromatic rings. The Kier molecular flexibility index (Phi) is 5.21. The smallest absolute Gasteiger partial charge is 0.265 e. The number of para-hydroxylation sites is 1. The molecule has 0 saturated heterocycles. The summed E-state index contributed by atoms with van der Waals surface area (Å²) in [6.07, 6.45) is 1.43. The molecule has 0 bridgehead atoms. The van der Waals surface area contributed by atoms with Crippen molar-refractivity contribution in [3.8, 4) is 0 Å². The fourth-order valence-corrected chi connectivity index (χ4v) is 3.74. The lowest BCUT2D eigenvalue weighted by molar-refractivity contribution is 0.185. The van der Waals surface area contributed by atoms with Crippen LogP contribution in [-0.4, -0.2) is 20.5 Å². The summed E-state index contributed by atoms with van der Waals surface area (Å²) in [4.78, 5) is 3.73. The number of ether oxygens (including phenoxy) is 1. The Morgan fingerprint density at radius 2 is 2.10 bits per heavy atom. The average molecular weight is 392 g/mol. The zero-order chi connectivity index (χ0) is 15.5. The van der Waals surface area contributed by atoms with Crippen molar-refractivity contribution in [1.82, 2.24) is 4.98 Å². The first-order valence-corrected chi connectivity index (χ1v) is 8.50. The summed E-state index contributed by atoms with van der Waals surface area (Å²) in [6.45, 7) is 0.295. The maximum absolute atomic E-state index is 12.4. The Morgan fingerprint density at radius 1 is 1.38 bits per heavy atom. The molecule has 1 N–H and O–H groups in total. The van der Waals surface area contributed by atoms with Crippen molar-refractivity contribution in [3.05, 3.63) is 51.7 Å². The van der Waals surface area contributed by atoms with Gasteiger partial charge in [0.05, 0.1) is 12.3 Å². The number of benzene rings is 1. The van der Waals surface area contributed by atoms with Crippen molar-refractivity contribution in [1.29, 1.82) is 0 Å². The standard InChI is InChI=1S/C13H12BrClN2O3S/c1-20-8-9-4-2-3-5-11(9)17-21(18,19)12-6-10(14)7-16-13(12)15/h2-7,17H,8H2,1H3. The first-order valence-electron chi connectivity index (χ1n) is 5.85. The molecule has 5 nitrogen and oxygen atoms in total. The molecule has 0 aliphatic rings. The monoisotopic (exact) mass is 390 g/mol. The first-order chi connectivity index (χ1) is 9.94. The van der Waals surface area contributed by atoms with E-state index < -0.39 is 10.0 Å². The third-order valence-electron chi connectivity index (χ3n) is 2.62. The minimum atomic E-state index is -3.84. The van der Waals surface area contributed by atoms with E-state index in [0.29, 0.717) is 16.8 Å². The molecular formula is C13H12BrClN2O3S. The Labute approximate surface area is 136 Å². The summed E-state index contributed by atoms with van der Waals surface area (Å²) in [5.74, 6) is 0. The molecule has 0 aliphatic carbocycles. The minimum absolute atomic E-state index is 0.0880. The predicted molar refractivity (Wildman–Crippen MR) is 84.9 cm³/mol. The van der Waals surface area contributed by atoms with Crippen LogP contribution >= 0.6 is 27.5 Å². The van der Waals surface area contributed by atoms with Crippen molar-refractivity contribution in [2.24, 2.45) is 0 Å².